The number of nitrogens with one attached hydrogen (secondary N) is 2. The fourth-order valence-corrected chi connectivity index (χ4v) is 3.08. The predicted octanol–water partition coefficient (Wildman–Crippen LogP) is 1.51. The molecule has 1 unspecified atom stereocenters. The molecule has 0 saturated heterocycles. The Kier molecular flexibility index (Phi) is 8.24. The Labute approximate surface area is 187 Å². The summed E-state index contributed by atoms with van der Waals surface area (Å²) in [4.78, 5) is 51.2. The molecule has 32 heavy (non-hydrogen) atoms. The zero-order valence-corrected chi connectivity index (χ0v) is 18.8. The number of carbonyl (C=O) groups excluding carboxylic acids is 4. The standard InChI is InChI=1S/C23H29N3O6/c1-6-15-9-7-8-10-17(15)20(21(29)24-14-19(28)31-5)26(16-11-12-16)18(27)13-25-22(30)32-23(2,3)4/h1,7-10,16,20H,11-14H2,2-5H3,(H,24,29)(H,25,30). The molecule has 1 fully saturated rings. The molecule has 9 nitrogen and oxygen atoms in total. The van der Waals surface area contributed by atoms with Gasteiger partial charge in [-0.15, -0.1) is 6.42 Å². The molecule has 172 valence electrons. The highest BCUT2D eigenvalue weighted by Crippen LogP contribution is 2.36. The molecular weight excluding hydrogens is 414 g/mol. The third-order valence-electron chi connectivity index (χ3n) is 4.58. The van der Waals surface area contributed by atoms with E-state index in [1.807, 2.05) is 0 Å². The second-order valence-electron chi connectivity index (χ2n) is 8.32. The lowest BCUT2D eigenvalue weighted by Crippen LogP contribution is -2.49. The SMILES string of the molecule is C#Cc1ccccc1C(C(=O)NCC(=O)OC)N(C(=O)CNC(=O)OC(C)(C)C)C1CC1. The quantitative estimate of drug-likeness (QED) is 0.465. The van der Waals surface area contributed by atoms with E-state index in [9.17, 15) is 19.2 Å². The molecule has 0 aliphatic heterocycles. The molecule has 1 aromatic carbocycles. The average Bonchev–Trinajstić information content (AvgIpc) is 3.57. The molecule has 0 aromatic heterocycles. The second-order valence-corrected chi connectivity index (χ2v) is 8.32. The first-order valence-corrected chi connectivity index (χ1v) is 10.3. The summed E-state index contributed by atoms with van der Waals surface area (Å²) in [5, 5.41) is 4.95. The number of esters is 1. The van der Waals surface area contributed by atoms with Crippen LogP contribution in [0, 0.1) is 12.3 Å². The molecule has 1 aliphatic rings. The summed E-state index contributed by atoms with van der Waals surface area (Å²) in [5.41, 5.74) is 0.185. The number of methoxy groups -OCH3 is 1. The lowest BCUT2D eigenvalue weighted by molar-refractivity contribution is -0.144. The normalized spacial score (nSPS) is 13.8. The van der Waals surface area contributed by atoms with Gasteiger partial charge in [0, 0.05) is 11.6 Å². The molecule has 1 aromatic rings. The van der Waals surface area contributed by atoms with Crippen molar-refractivity contribution in [2.24, 2.45) is 0 Å². The van der Waals surface area contributed by atoms with Gasteiger partial charge in [-0.3, -0.25) is 14.4 Å². The van der Waals surface area contributed by atoms with Crippen LogP contribution in [-0.4, -0.2) is 60.6 Å². The molecule has 2 N–H and O–H groups in total. The Hall–Kier alpha value is -3.54. The van der Waals surface area contributed by atoms with E-state index in [1.165, 1.54) is 12.0 Å². The van der Waals surface area contributed by atoms with Gasteiger partial charge in [-0.25, -0.2) is 4.79 Å². The van der Waals surface area contributed by atoms with Crippen molar-refractivity contribution in [3.05, 3.63) is 35.4 Å². The number of rotatable bonds is 8. The van der Waals surface area contributed by atoms with Gasteiger partial charge in [0.1, 0.15) is 24.7 Å². The van der Waals surface area contributed by atoms with Gasteiger partial charge in [-0.05, 0) is 45.2 Å². The summed E-state index contributed by atoms with van der Waals surface area (Å²) >= 11 is 0. The number of hydrogen-bond acceptors (Lipinski definition) is 6. The van der Waals surface area contributed by atoms with Crippen molar-refractivity contribution >= 4 is 23.9 Å². The summed E-state index contributed by atoms with van der Waals surface area (Å²) in [5.74, 6) is 0.868. The van der Waals surface area contributed by atoms with Crippen LogP contribution in [0.1, 0.15) is 50.8 Å². The molecule has 2 rings (SSSR count). The van der Waals surface area contributed by atoms with E-state index >= 15 is 0 Å². The van der Waals surface area contributed by atoms with Crippen LogP contribution in [0.4, 0.5) is 4.79 Å². The van der Waals surface area contributed by atoms with E-state index < -0.39 is 35.5 Å². The predicted molar refractivity (Wildman–Crippen MR) is 116 cm³/mol. The molecule has 0 spiro atoms. The van der Waals surface area contributed by atoms with Crippen molar-refractivity contribution < 1.29 is 28.7 Å². The highest BCUT2D eigenvalue weighted by molar-refractivity contribution is 5.92. The fraction of sp³-hybridized carbons (Fsp3) is 0.478. The van der Waals surface area contributed by atoms with E-state index in [2.05, 4.69) is 21.3 Å². The van der Waals surface area contributed by atoms with Gasteiger partial charge in [-0.2, -0.15) is 0 Å². The summed E-state index contributed by atoms with van der Waals surface area (Å²) in [6.45, 7) is 4.42. The van der Waals surface area contributed by atoms with Crippen LogP contribution < -0.4 is 10.6 Å². The Bertz CT molecular complexity index is 911. The van der Waals surface area contributed by atoms with Gasteiger partial charge < -0.3 is 25.0 Å². The number of hydrogen-bond donors (Lipinski definition) is 2. The van der Waals surface area contributed by atoms with Crippen LogP contribution in [0.2, 0.25) is 0 Å². The lowest BCUT2D eigenvalue weighted by Gasteiger charge is -2.32. The second kappa shape index (κ2) is 10.7. The fourth-order valence-electron chi connectivity index (χ4n) is 3.08. The van der Waals surface area contributed by atoms with Crippen LogP contribution in [0.15, 0.2) is 24.3 Å². The molecule has 1 atom stereocenters. The van der Waals surface area contributed by atoms with Crippen molar-refractivity contribution in [1.29, 1.82) is 0 Å². The molecule has 1 aliphatic carbocycles. The Morgan fingerprint density at radius 1 is 1.16 bits per heavy atom. The van der Waals surface area contributed by atoms with E-state index in [-0.39, 0.29) is 19.1 Å². The average molecular weight is 444 g/mol. The minimum Gasteiger partial charge on any atom is -0.468 e. The molecule has 1 saturated carbocycles. The van der Waals surface area contributed by atoms with Crippen molar-refractivity contribution in [2.75, 3.05) is 20.2 Å². The topological polar surface area (TPSA) is 114 Å². The van der Waals surface area contributed by atoms with Gasteiger partial charge in [-0.1, -0.05) is 24.1 Å². The number of ether oxygens (including phenoxy) is 2. The van der Waals surface area contributed by atoms with Crippen molar-refractivity contribution in [2.45, 2.75) is 51.3 Å². The first kappa shape index (κ1) is 24.7. The smallest absolute Gasteiger partial charge is 0.408 e. The van der Waals surface area contributed by atoms with Crippen molar-refractivity contribution in [3.63, 3.8) is 0 Å². The minimum absolute atomic E-state index is 0.192. The van der Waals surface area contributed by atoms with Crippen molar-refractivity contribution in [3.8, 4) is 12.3 Å². The monoisotopic (exact) mass is 443 g/mol. The Morgan fingerprint density at radius 3 is 2.38 bits per heavy atom. The van der Waals surface area contributed by atoms with Crippen LogP contribution in [0.3, 0.4) is 0 Å². The molecule has 0 heterocycles. The first-order valence-electron chi connectivity index (χ1n) is 10.3. The van der Waals surface area contributed by atoms with Gasteiger partial charge in [0.2, 0.25) is 11.8 Å². The number of alkyl carbamates (subject to hydrolysis) is 1. The zero-order chi connectivity index (χ0) is 23.9. The van der Waals surface area contributed by atoms with E-state index in [4.69, 9.17) is 11.2 Å². The number of carbonyl (C=O) groups is 4. The Morgan fingerprint density at radius 2 is 1.81 bits per heavy atom. The summed E-state index contributed by atoms with van der Waals surface area (Å²) in [7, 11) is 1.21. The largest absolute Gasteiger partial charge is 0.468 e. The van der Waals surface area contributed by atoms with E-state index in [0.29, 0.717) is 24.0 Å². The van der Waals surface area contributed by atoms with Gasteiger partial charge >= 0.3 is 12.1 Å². The highest BCUT2D eigenvalue weighted by Gasteiger charge is 2.42. The molecule has 0 bridgehead atoms. The van der Waals surface area contributed by atoms with Crippen LogP contribution in [0.25, 0.3) is 0 Å². The number of benzene rings is 1. The number of amides is 3. The third kappa shape index (κ3) is 7.01. The summed E-state index contributed by atoms with van der Waals surface area (Å²) < 4.78 is 9.75. The number of terminal acetylenes is 1. The van der Waals surface area contributed by atoms with Crippen LogP contribution >= 0.6 is 0 Å². The molecular formula is C23H29N3O6. The third-order valence-corrected chi connectivity index (χ3v) is 4.58. The maximum absolute atomic E-state index is 13.1. The van der Waals surface area contributed by atoms with E-state index in [1.54, 1.807) is 45.0 Å². The maximum atomic E-state index is 13.1. The van der Waals surface area contributed by atoms with Gasteiger partial charge in [0.05, 0.1) is 7.11 Å². The van der Waals surface area contributed by atoms with Gasteiger partial charge in [0.15, 0.2) is 0 Å². The minimum atomic E-state index is -1.08. The van der Waals surface area contributed by atoms with Crippen LogP contribution in [-0.2, 0) is 23.9 Å². The summed E-state index contributed by atoms with van der Waals surface area (Å²) in [6, 6.07) is 5.52. The molecule has 0 radical (unpaired) electrons. The lowest BCUT2D eigenvalue weighted by atomic mass is 9.98. The molecule has 3 amide bonds. The number of nitrogens with zero attached hydrogens (tertiary/aromatic N) is 1. The zero-order valence-electron chi connectivity index (χ0n) is 18.8. The maximum Gasteiger partial charge on any atom is 0.408 e. The van der Waals surface area contributed by atoms with E-state index in [0.717, 1.165) is 0 Å². The summed E-state index contributed by atoms with van der Waals surface area (Å²) in [6.07, 6.45) is 6.30. The highest BCUT2D eigenvalue weighted by atomic mass is 16.6. The Balaban J connectivity index is 2.30. The van der Waals surface area contributed by atoms with Crippen molar-refractivity contribution in [1.82, 2.24) is 15.5 Å². The first-order chi connectivity index (χ1) is 15.1. The van der Waals surface area contributed by atoms with Gasteiger partial charge in [0.25, 0.3) is 0 Å². The molecule has 9 heteroatoms. The van der Waals surface area contributed by atoms with Crippen LogP contribution in [0.5, 0.6) is 0 Å².